The Morgan fingerprint density at radius 2 is 0.931 bits per heavy atom. The molecule has 0 spiro atoms. The molecular formula is C25H20IO2S+. The van der Waals surface area contributed by atoms with E-state index in [1.165, 1.54) is 18.3 Å². The van der Waals surface area contributed by atoms with Crippen molar-refractivity contribution in [1.29, 1.82) is 0 Å². The Hall–Kier alpha value is -2.44. The van der Waals surface area contributed by atoms with Gasteiger partial charge in [-0.05, 0) is 95.4 Å². The lowest BCUT2D eigenvalue weighted by molar-refractivity contribution is 0.120. The maximum atomic E-state index is 5.77. The summed E-state index contributed by atoms with van der Waals surface area (Å²) in [6.07, 6.45) is 0. The minimum atomic E-state index is -0.148. The number of hydrogen-bond donors (Lipinski definition) is 0. The van der Waals surface area contributed by atoms with Crippen LogP contribution in [-0.4, -0.2) is 6.79 Å². The Morgan fingerprint density at radius 1 is 0.517 bits per heavy atom. The number of halogens is 1. The van der Waals surface area contributed by atoms with Crippen molar-refractivity contribution in [3.63, 3.8) is 0 Å². The number of hydrogen-bond acceptors (Lipinski definition) is 2. The summed E-state index contributed by atoms with van der Waals surface area (Å²) < 4.78 is 12.6. The fraction of sp³-hybridized carbons (Fsp3) is 0.0400. The molecule has 0 N–H and O–H groups in total. The van der Waals surface area contributed by atoms with Crippen molar-refractivity contribution in [3.05, 3.63) is 113 Å². The van der Waals surface area contributed by atoms with Crippen LogP contribution < -0.4 is 9.47 Å². The molecule has 0 radical (unpaired) electrons. The van der Waals surface area contributed by atoms with Gasteiger partial charge >= 0.3 is 0 Å². The SMILES string of the molecule is Ic1ccc(OCOc2ccc([S+](c3ccccc3)c3ccccc3)cc2)cc1. The largest absolute Gasteiger partial charge is 0.458 e. The van der Waals surface area contributed by atoms with Crippen molar-refractivity contribution in [2.45, 2.75) is 14.7 Å². The van der Waals surface area contributed by atoms with Crippen LogP contribution in [0.1, 0.15) is 0 Å². The van der Waals surface area contributed by atoms with Gasteiger partial charge in [-0.3, -0.25) is 0 Å². The summed E-state index contributed by atoms with van der Waals surface area (Å²) in [5, 5.41) is 0. The van der Waals surface area contributed by atoms with Crippen LogP contribution in [0.3, 0.4) is 0 Å². The van der Waals surface area contributed by atoms with Gasteiger partial charge in [0.2, 0.25) is 6.79 Å². The zero-order chi connectivity index (χ0) is 19.9. The predicted octanol–water partition coefficient (Wildman–Crippen LogP) is 6.80. The van der Waals surface area contributed by atoms with Gasteiger partial charge in [0, 0.05) is 3.57 Å². The Kier molecular flexibility index (Phi) is 6.75. The molecule has 4 heteroatoms. The van der Waals surface area contributed by atoms with Gasteiger partial charge in [0.25, 0.3) is 0 Å². The summed E-state index contributed by atoms with van der Waals surface area (Å²) in [6, 6.07) is 37.5. The highest BCUT2D eigenvalue weighted by Crippen LogP contribution is 2.31. The smallest absolute Gasteiger partial charge is 0.230 e. The molecule has 0 fully saturated rings. The van der Waals surface area contributed by atoms with Crippen LogP contribution in [0.4, 0.5) is 0 Å². The quantitative estimate of drug-likeness (QED) is 0.154. The van der Waals surface area contributed by atoms with E-state index in [-0.39, 0.29) is 17.7 Å². The number of ether oxygens (including phenoxy) is 2. The summed E-state index contributed by atoms with van der Waals surface area (Å²) in [6.45, 7) is 0.184. The van der Waals surface area contributed by atoms with Crippen LogP contribution in [0, 0.1) is 3.57 Å². The normalized spacial score (nSPS) is 10.7. The molecule has 4 rings (SSSR count). The summed E-state index contributed by atoms with van der Waals surface area (Å²) in [5.74, 6) is 1.60. The third-order valence-electron chi connectivity index (χ3n) is 4.28. The molecule has 4 aromatic rings. The first-order valence-corrected chi connectivity index (χ1v) is 11.6. The molecule has 4 aromatic carbocycles. The van der Waals surface area contributed by atoms with Crippen LogP contribution in [0.25, 0.3) is 0 Å². The molecule has 0 atom stereocenters. The van der Waals surface area contributed by atoms with Gasteiger partial charge in [0.1, 0.15) is 11.5 Å². The molecule has 29 heavy (non-hydrogen) atoms. The van der Waals surface area contributed by atoms with Crippen molar-refractivity contribution >= 4 is 33.5 Å². The molecule has 0 heterocycles. The first kappa shape index (κ1) is 19.9. The van der Waals surface area contributed by atoms with Gasteiger partial charge in [0.05, 0.1) is 10.9 Å². The molecule has 2 nitrogen and oxygen atoms in total. The second kappa shape index (κ2) is 9.85. The minimum Gasteiger partial charge on any atom is -0.458 e. The van der Waals surface area contributed by atoms with Crippen LogP contribution in [0.5, 0.6) is 11.5 Å². The number of benzene rings is 4. The molecular weight excluding hydrogens is 491 g/mol. The number of rotatable bonds is 7. The third-order valence-corrected chi connectivity index (χ3v) is 7.23. The fourth-order valence-electron chi connectivity index (χ4n) is 2.89. The zero-order valence-electron chi connectivity index (χ0n) is 15.7. The molecule has 0 saturated carbocycles. The van der Waals surface area contributed by atoms with E-state index in [1.54, 1.807) is 0 Å². The van der Waals surface area contributed by atoms with E-state index < -0.39 is 0 Å². The first-order valence-electron chi connectivity index (χ1n) is 9.25. The molecule has 0 aliphatic rings. The molecule has 0 amide bonds. The average Bonchev–Trinajstić information content (AvgIpc) is 2.78. The Bertz CT molecular complexity index is 980. The van der Waals surface area contributed by atoms with Gasteiger partial charge in [-0.15, -0.1) is 0 Å². The van der Waals surface area contributed by atoms with Gasteiger partial charge in [-0.2, -0.15) is 0 Å². The van der Waals surface area contributed by atoms with Gasteiger partial charge in [-0.25, -0.2) is 0 Å². The maximum absolute atomic E-state index is 5.77. The van der Waals surface area contributed by atoms with E-state index in [0.29, 0.717) is 0 Å². The summed E-state index contributed by atoms with van der Waals surface area (Å²) in [7, 11) is -0.148. The predicted molar refractivity (Wildman–Crippen MR) is 127 cm³/mol. The third kappa shape index (κ3) is 5.34. The van der Waals surface area contributed by atoms with Gasteiger partial charge < -0.3 is 9.47 Å². The Morgan fingerprint density at radius 3 is 1.41 bits per heavy atom. The van der Waals surface area contributed by atoms with Gasteiger partial charge in [-0.1, -0.05) is 36.4 Å². The molecule has 0 aromatic heterocycles. The van der Waals surface area contributed by atoms with Crippen LogP contribution in [-0.2, 0) is 10.9 Å². The van der Waals surface area contributed by atoms with Crippen LogP contribution >= 0.6 is 22.6 Å². The van der Waals surface area contributed by atoms with E-state index in [2.05, 4.69) is 95.4 Å². The fourth-order valence-corrected chi connectivity index (χ4v) is 5.33. The van der Waals surface area contributed by atoms with E-state index in [9.17, 15) is 0 Å². The van der Waals surface area contributed by atoms with Gasteiger partial charge in [0.15, 0.2) is 14.7 Å². The second-order valence-electron chi connectivity index (χ2n) is 6.26. The molecule has 0 unspecified atom stereocenters. The summed E-state index contributed by atoms with van der Waals surface area (Å²) >= 11 is 2.27. The molecule has 0 aliphatic carbocycles. The summed E-state index contributed by atoms with van der Waals surface area (Å²) in [4.78, 5) is 3.86. The Balaban J connectivity index is 1.48. The van der Waals surface area contributed by atoms with Crippen LogP contribution in [0.2, 0.25) is 0 Å². The average molecular weight is 511 g/mol. The van der Waals surface area contributed by atoms with Crippen molar-refractivity contribution < 1.29 is 9.47 Å². The van der Waals surface area contributed by atoms with E-state index in [0.717, 1.165) is 11.5 Å². The van der Waals surface area contributed by atoms with Crippen molar-refractivity contribution in [1.82, 2.24) is 0 Å². The molecule has 0 bridgehead atoms. The Labute approximate surface area is 188 Å². The molecule has 0 saturated heterocycles. The van der Waals surface area contributed by atoms with Crippen LogP contribution in [0.15, 0.2) is 124 Å². The highest BCUT2D eigenvalue weighted by molar-refractivity contribution is 14.1. The standard InChI is InChI=1S/C25H20IO2S/c26-20-11-13-21(14-12-20)27-19-28-22-15-17-25(18-16-22)29(23-7-3-1-4-8-23)24-9-5-2-6-10-24/h1-18H,19H2/q+1. The van der Waals surface area contributed by atoms with E-state index in [1.807, 2.05) is 36.4 Å². The highest BCUT2D eigenvalue weighted by atomic mass is 127. The van der Waals surface area contributed by atoms with E-state index >= 15 is 0 Å². The lowest BCUT2D eigenvalue weighted by atomic mass is 10.3. The van der Waals surface area contributed by atoms with Crippen molar-refractivity contribution in [2.75, 3.05) is 6.79 Å². The van der Waals surface area contributed by atoms with Crippen molar-refractivity contribution in [3.8, 4) is 11.5 Å². The minimum absolute atomic E-state index is 0.148. The summed E-state index contributed by atoms with van der Waals surface area (Å²) in [5.41, 5.74) is 0. The van der Waals surface area contributed by atoms with E-state index in [4.69, 9.17) is 9.47 Å². The first-order chi connectivity index (χ1) is 14.3. The lowest BCUT2D eigenvalue weighted by Gasteiger charge is -2.10. The monoisotopic (exact) mass is 511 g/mol. The molecule has 0 aliphatic heterocycles. The topological polar surface area (TPSA) is 18.5 Å². The zero-order valence-corrected chi connectivity index (χ0v) is 18.7. The maximum Gasteiger partial charge on any atom is 0.230 e. The highest BCUT2D eigenvalue weighted by Gasteiger charge is 2.28. The van der Waals surface area contributed by atoms with Crippen molar-refractivity contribution in [2.24, 2.45) is 0 Å². The molecule has 144 valence electrons. The lowest BCUT2D eigenvalue weighted by Crippen LogP contribution is -2.07. The second-order valence-corrected chi connectivity index (χ2v) is 9.54.